The van der Waals surface area contributed by atoms with Gasteiger partial charge in [0.2, 0.25) is 0 Å². The number of ketones is 1. The minimum Gasteiger partial charge on any atom is -0.362 e. The fourth-order valence-electron chi connectivity index (χ4n) is 2.93. The lowest BCUT2D eigenvalue weighted by Gasteiger charge is -2.36. The average Bonchev–Trinajstić information content (AvgIpc) is 3.01. The first-order valence-electron chi connectivity index (χ1n) is 7.96. The van der Waals surface area contributed by atoms with Gasteiger partial charge < -0.3 is 9.80 Å². The number of Topliss-reactive ketones (excluding diaryl/α,β-unsaturated/α-hetero) is 1. The number of anilines is 1. The van der Waals surface area contributed by atoms with Crippen LogP contribution in [0.5, 0.6) is 0 Å². The van der Waals surface area contributed by atoms with Crippen LogP contribution < -0.4 is 4.90 Å². The highest BCUT2D eigenvalue weighted by atomic mass is 32.2. The predicted octanol–water partition coefficient (Wildman–Crippen LogP) is 2.41. The molecule has 8 heteroatoms. The summed E-state index contributed by atoms with van der Waals surface area (Å²) < 4.78 is 0. The number of amidine groups is 1. The van der Waals surface area contributed by atoms with Gasteiger partial charge in [-0.2, -0.15) is 0 Å². The van der Waals surface area contributed by atoms with Crippen LogP contribution in [0.3, 0.4) is 0 Å². The van der Waals surface area contributed by atoms with Crippen LogP contribution >= 0.6 is 11.8 Å². The number of carbonyl (C=O) groups is 1. The number of aliphatic imine (C=N–C) groups is 1. The van der Waals surface area contributed by atoms with Crippen LogP contribution in [-0.4, -0.2) is 58.7 Å². The van der Waals surface area contributed by atoms with Crippen molar-refractivity contribution in [2.24, 2.45) is 4.99 Å². The summed E-state index contributed by atoms with van der Waals surface area (Å²) in [5.74, 6) is -0.167. The quantitative estimate of drug-likeness (QED) is 0.474. The second-order valence-electron chi connectivity index (χ2n) is 6.04. The third kappa shape index (κ3) is 3.38. The molecule has 0 saturated carbocycles. The molecule has 128 valence electrons. The van der Waals surface area contributed by atoms with Gasteiger partial charge >= 0.3 is 0 Å². The van der Waals surface area contributed by atoms with Crippen LogP contribution in [0.15, 0.2) is 23.2 Å². The van der Waals surface area contributed by atoms with E-state index in [-0.39, 0.29) is 11.5 Å². The first kappa shape index (κ1) is 16.8. The first-order valence-corrected chi connectivity index (χ1v) is 8.84. The predicted molar refractivity (Wildman–Crippen MR) is 96.2 cm³/mol. The number of benzene rings is 1. The number of nitro benzene ring substituents is 1. The first-order chi connectivity index (χ1) is 11.5. The number of rotatable bonds is 3. The number of hydrogen-bond donors (Lipinski definition) is 0. The molecule has 2 heterocycles. The Labute approximate surface area is 144 Å². The van der Waals surface area contributed by atoms with Gasteiger partial charge in [0.05, 0.1) is 11.5 Å². The van der Waals surface area contributed by atoms with E-state index < -0.39 is 4.92 Å². The molecule has 1 saturated heterocycles. The van der Waals surface area contributed by atoms with Crippen LogP contribution in [-0.2, 0) is 0 Å². The van der Waals surface area contributed by atoms with Crippen LogP contribution in [0.4, 0.5) is 11.4 Å². The van der Waals surface area contributed by atoms with E-state index >= 15 is 0 Å². The lowest BCUT2D eigenvalue weighted by molar-refractivity contribution is -0.384. The molecule has 0 bridgehead atoms. The Kier molecular flexibility index (Phi) is 4.75. The molecule has 0 aliphatic carbocycles. The summed E-state index contributed by atoms with van der Waals surface area (Å²) in [6.07, 6.45) is 0. The van der Waals surface area contributed by atoms with Crippen molar-refractivity contribution in [2.75, 3.05) is 37.6 Å². The van der Waals surface area contributed by atoms with E-state index in [0.717, 1.165) is 24.8 Å². The summed E-state index contributed by atoms with van der Waals surface area (Å²) in [4.78, 5) is 31.3. The molecule has 1 aromatic carbocycles. The van der Waals surface area contributed by atoms with Gasteiger partial charge in [-0.25, -0.2) is 0 Å². The van der Waals surface area contributed by atoms with Crippen LogP contribution in [0.2, 0.25) is 0 Å². The maximum Gasteiger partial charge on any atom is 0.293 e. The maximum absolute atomic E-state index is 11.5. The number of piperazine rings is 1. The molecular weight excluding hydrogens is 328 g/mol. The Morgan fingerprint density at radius 3 is 2.50 bits per heavy atom. The Bertz CT molecular complexity index is 699. The second-order valence-corrected chi connectivity index (χ2v) is 7.45. The van der Waals surface area contributed by atoms with Crippen molar-refractivity contribution in [3.8, 4) is 0 Å². The second kappa shape index (κ2) is 6.80. The molecule has 1 fully saturated rings. The molecule has 24 heavy (non-hydrogen) atoms. The number of carbonyl (C=O) groups excluding carboxylic acids is 1. The van der Waals surface area contributed by atoms with E-state index in [1.165, 1.54) is 13.0 Å². The summed E-state index contributed by atoms with van der Waals surface area (Å²) in [6.45, 7) is 7.44. The highest BCUT2D eigenvalue weighted by Crippen LogP contribution is 2.31. The number of nitro groups is 1. The molecule has 0 amide bonds. The minimum absolute atomic E-state index is 0.00245. The molecule has 2 aliphatic rings. The van der Waals surface area contributed by atoms with Crippen molar-refractivity contribution < 1.29 is 9.72 Å². The fourth-order valence-corrected chi connectivity index (χ4v) is 3.92. The molecular formula is C16H20N4O3S. The standard InChI is InChI=1S/C16H20N4O3S/c1-11-10-17-16(24-11)19-7-5-18(6-8-19)14-4-3-13(12(2)21)9-15(14)20(22)23/h3-4,9,11H,5-8,10H2,1-2H3/t11-/m0/s1. The SMILES string of the molecule is CC(=O)c1ccc(N2CCN(C3=NC[C@H](C)S3)CC2)c([N+](=O)[O-])c1. The third-order valence-electron chi connectivity index (χ3n) is 4.26. The largest absolute Gasteiger partial charge is 0.362 e. The van der Waals surface area contributed by atoms with Crippen molar-refractivity contribution in [1.82, 2.24) is 4.90 Å². The van der Waals surface area contributed by atoms with E-state index in [2.05, 4.69) is 16.8 Å². The summed E-state index contributed by atoms with van der Waals surface area (Å²) in [5.41, 5.74) is 0.950. The lowest BCUT2D eigenvalue weighted by atomic mass is 10.1. The van der Waals surface area contributed by atoms with Gasteiger partial charge in [-0.15, -0.1) is 0 Å². The fraction of sp³-hybridized carbons (Fsp3) is 0.500. The molecule has 1 atom stereocenters. The monoisotopic (exact) mass is 348 g/mol. The van der Waals surface area contributed by atoms with Crippen molar-refractivity contribution >= 4 is 34.1 Å². The van der Waals surface area contributed by atoms with Crippen LogP contribution in [0.25, 0.3) is 0 Å². The molecule has 0 unspecified atom stereocenters. The van der Waals surface area contributed by atoms with E-state index in [1.807, 2.05) is 4.90 Å². The Balaban J connectivity index is 1.74. The molecule has 0 N–H and O–H groups in total. The van der Waals surface area contributed by atoms with E-state index in [0.29, 0.717) is 29.6 Å². The third-order valence-corrected chi connectivity index (χ3v) is 5.41. The zero-order chi connectivity index (χ0) is 17.3. The average molecular weight is 348 g/mol. The van der Waals surface area contributed by atoms with E-state index in [9.17, 15) is 14.9 Å². The zero-order valence-electron chi connectivity index (χ0n) is 13.8. The highest BCUT2D eigenvalue weighted by molar-refractivity contribution is 8.14. The number of thioether (sulfide) groups is 1. The molecule has 0 aromatic heterocycles. The lowest BCUT2D eigenvalue weighted by Crippen LogP contribution is -2.48. The van der Waals surface area contributed by atoms with Crippen LogP contribution in [0.1, 0.15) is 24.2 Å². The van der Waals surface area contributed by atoms with Gasteiger partial charge in [-0.1, -0.05) is 18.7 Å². The van der Waals surface area contributed by atoms with Gasteiger partial charge in [0.1, 0.15) is 5.69 Å². The Hall–Kier alpha value is -2.09. The van der Waals surface area contributed by atoms with Crippen molar-refractivity contribution in [3.05, 3.63) is 33.9 Å². The van der Waals surface area contributed by atoms with Crippen LogP contribution in [0, 0.1) is 10.1 Å². The van der Waals surface area contributed by atoms with Crippen molar-refractivity contribution in [2.45, 2.75) is 19.1 Å². The van der Waals surface area contributed by atoms with Gasteiger partial charge in [0, 0.05) is 43.1 Å². The molecule has 7 nitrogen and oxygen atoms in total. The van der Waals surface area contributed by atoms with E-state index in [4.69, 9.17) is 0 Å². The van der Waals surface area contributed by atoms with Gasteiger partial charge in [-0.05, 0) is 19.1 Å². The maximum atomic E-state index is 11.5. The Morgan fingerprint density at radius 1 is 1.29 bits per heavy atom. The smallest absolute Gasteiger partial charge is 0.293 e. The number of nitrogens with zero attached hydrogens (tertiary/aromatic N) is 4. The van der Waals surface area contributed by atoms with E-state index in [1.54, 1.807) is 23.9 Å². The Morgan fingerprint density at radius 2 is 1.96 bits per heavy atom. The highest BCUT2D eigenvalue weighted by Gasteiger charge is 2.28. The summed E-state index contributed by atoms with van der Waals surface area (Å²) in [6, 6.07) is 4.73. The van der Waals surface area contributed by atoms with Gasteiger partial charge in [0.25, 0.3) is 5.69 Å². The molecule has 0 spiro atoms. The number of hydrogen-bond acceptors (Lipinski definition) is 7. The molecule has 0 radical (unpaired) electrons. The van der Waals surface area contributed by atoms with Gasteiger partial charge in [0.15, 0.2) is 11.0 Å². The summed E-state index contributed by atoms with van der Waals surface area (Å²) in [7, 11) is 0. The van der Waals surface area contributed by atoms with Crippen molar-refractivity contribution in [3.63, 3.8) is 0 Å². The minimum atomic E-state index is -0.410. The zero-order valence-corrected chi connectivity index (χ0v) is 14.6. The normalized spacial score (nSPS) is 20.9. The molecule has 1 aromatic rings. The topological polar surface area (TPSA) is 79.0 Å². The molecule has 2 aliphatic heterocycles. The summed E-state index contributed by atoms with van der Waals surface area (Å²) >= 11 is 1.79. The molecule has 3 rings (SSSR count). The van der Waals surface area contributed by atoms with Crippen molar-refractivity contribution in [1.29, 1.82) is 0 Å². The summed E-state index contributed by atoms with van der Waals surface area (Å²) in [5, 5.41) is 13.0. The van der Waals surface area contributed by atoms with Gasteiger partial charge in [-0.3, -0.25) is 19.9 Å².